The van der Waals surface area contributed by atoms with Crippen LogP contribution in [0.4, 0.5) is 0 Å². The fourth-order valence-electron chi connectivity index (χ4n) is 2.47. The lowest BCUT2D eigenvalue weighted by Gasteiger charge is -2.24. The van der Waals surface area contributed by atoms with Crippen LogP contribution in [-0.2, 0) is 6.42 Å². The third-order valence-electron chi connectivity index (χ3n) is 3.66. The van der Waals surface area contributed by atoms with Gasteiger partial charge >= 0.3 is 0 Å². The summed E-state index contributed by atoms with van der Waals surface area (Å²) in [4.78, 5) is 12.2. The van der Waals surface area contributed by atoms with Crippen molar-refractivity contribution in [3.05, 3.63) is 53.0 Å². The molecule has 0 fully saturated rings. The molecule has 0 aliphatic carbocycles. The van der Waals surface area contributed by atoms with Crippen LogP contribution >= 0.6 is 0 Å². The summed E-state index contributed by atoms with van der Waals surface area (Å²) in [5.74, 6) is 1.80. The summed E-state index contributed by atoms with van der Waals surface area (Å²) in [5.41, 5.74) is 0.430. The Labute approximate surface area is 136 Å². The van der Waals surface area contributed by atoms with Crippen LogP contribution in [-0.4, -0.2) is 30.3 Å². The van der Waals surface area contributed by atoms with Gasteiger partial charge in [0, 0.05) is 13.0 Å². The van der Waals surface area contributed by atoms with Crippen molar-refractivity contribution in [2.75, 3.05) is 13.7 Å². The fourth-order valence-corrected chi connectivity index (χ4v) is 2.47. The maximum atomic E-state index is 12.2. The average molecular weight is 317 g/mol. The fraction of sp³-hybridized carbons (Fsp3) is 0.389. The van der Waals surface area contributed by atoms with Crippen molar-refractivity contribution in [1.82, 2.24) is 5.32 Å². The molecule has 1 aromatic heterocycles. The van der Waals surface area contributed by atoms with Gasteiger partial charge in [-0.2, -0.15) is 0 Å². The summed E-state index contributed by atoms with van der Waals surface area (Å²) < 4.78 is 10.5. The molecule has 0 saturated carbocycles. The van der Waals surface area contributed by atoms with Crippen LogP contribution < -0.4 is 10.1 Å². The van der Waals surface area contributed by atoms with Crippen molar-refractivity contribution in [1.29, 1.82) is 0 Å². The Kier molecular flexibility index (Phi) is 5.11. The standard InChI is InChI=1S/C18H23NO4/c1-12-9-16(13(2)23-12)17(20)19-11-18(3,21)10-14-5-7-15(22-4)8-6-14/h5-9,21H,10-11H2,1-4H3,(H,19,20)/t18-/m1/s1. The zero-order chi connectivity index (χ0) is 17.0. The zero-order valence-electron chi connectivity index (χ0n) is 14.0. The Hall–Kier alpha value is -2.27. The molecule has 5 heteroatoms. The number of carbonyl (C=O) groups is 1. The molecule has 23 heavy (non-hydrogen) atoms. The van der Waals surface area contributed by atoms with E-state index in [1.807, 2.05) is 24.3 Å². The van der Waals surface area contributed by atoms with Crippen LogP contribution in [0.5, 0.6) is 5.75 Å². The van der Waals surface area contributed by atoms with E-state index in [0.717, 1.165) is 11.3 Å². The Bertz CT molecular complexity index is 671. The molecule has 1 aromatic carbocycles. The van der Waals surface area contributed by atoms with Crippen molar-refractivity contribution >= 4 is 5.91 Å². The number of carbonyl (C=O) groups excluding carboxylic acids is 1. The summed E-state index contributed by atoms with van der Waals surface area (Å²) >= 11 is 0. The molecule has 1 atom stereocenters. The molecule has 5 nitrogen and oxygen atoms in total. The number of amides is 1. The van der Waals surface area contributed by atoms with Crippen LogP contribution in [0.25, 0.3) is 0 Å². The number of methoxy groups -OCH3 is 1. The summed E-state index contributed by atoms with van der Waals surface area (Å²) in [6, 6.07) is 9.20. The minimum Gasteiger partial charge on any atom is -0.497 e. The molecule has 124 valence electrons. The van der Waals surface area contributed by atoms with Gasteiger partial charge in [0.25, 0.3) is 5.91 Å². The third-order valence-corrected chi connectivity index (χ3v) is 3.66. The highest BCUT2D eigenvalue weighted by atomic mass is 16.5. The van der Waals surface area contributed by atoms with Gasteiger partial charge in [-0.3, -0.25) is 4.79 Å². The van der Waals surface area contributed by atoms with E-state index in [1.54, 1.807) is 33.9 Å². The molecule has 2 rings (SSSR count). The Balaban J connectivity index is 1.94. The van der Waals surface area contributed by atoms with Crippen LogP contribution in [0.15, 0.2) is 34.7 Å². The van der Waals surface area contributed by atoms with E-state index in [2.05, 4.69) is 5.32 Å². The molecule has 2 N–H and O–H groups in total. The van der Waals surface area contributed by atoms with Crippen LogP contribution in [0, 0.1) is 13.8 Å². The van der Waals surface area contributed by atoms with Gasteiger partial charge in [-0.05, 0) is 44.5 Å². The van der Waals surface area contributed by atoms with Crippen molar-refractivity contribution in [3.63, 3.8) is 0 Å². The number of aryl methyl sites for hydroxylation is 2. The number of aliphatic hydroxyl groups is 1. The lowest BCUT2D eigenvalue weighted by molar-refractivity contribution is 0.0552. The second kappa shape index (κ2) is 6.87. The lowest BCUT2D eigenvalue weighted by Crippen LogP contribution is -2.42. The van der Waals surface area contributed by atoms with Gasteiger partial charge in [-0.25, -0.2) is 0 Å². The van der Waals surface area contributed by atoms with Gasteiger partial charge in [-0.1, -0.05) is 12.1 Å². The number of hydrogen-bond acceptors (Lipinski definition) is 4. The van der Waals surface area contributed by atoms with E-state index in [0.29, 0.717) is 23.5 Å². The number of ether oxygens (including phenoxy) is 1. The van der Waals surface area contributed by atoms with Gasteiger partial charge in [0.05, 0.1) is 18.3 Å². The molecule has 0 saturated heterocycles. The first-order chi connectivity index (χ1) is 10.8. The SMILES string of the molecule is COc1ccc(C[C@@](C)(O)CNC(=O)c2cc(C)oc2C)cc1. The van der Waals surface area contributed by atoms with Crippen molar-refractivity contribution in [2.45, 2.75) is 32.8 Å². The first-order valence-corrected chi connectivity index (χ1v) is 7.51. The number of nitrogens with one attached hydrogen (secondary N) is 1. The van der Waals surface area contributed by atoms with Gasteiger partial charge in [-0.15, -0.1) is 0 Å². The van der Waals surface area contributed by atoms with Crippen molar-refractivity contribution in [3.8, 4) is 5.75 Å². The summed E-state index contributed by atoms with van der Waals surface area (Å²) in [7, 11) is 1.61. The molecule has 0 unspecified atom stereocenters. The predicted octanol–water partition coefficient (Wildman–Crippen LogP) is 2.63. The van der Waals surface area contributed by atoms with Crippen LogP contribution in [0.2, 0.25) is 0 Å². The largest absolute Gasteiger partial charge is 0.497 e. The Morgan fingerprint density at radius 1 is 1.30 bits per heavy atom. The first-order valence-electron chi connectivity index (χ1n) is 7.51. The number of benzene rings is 1. The molecular weight excluding hydrogens is 294 g/mol. The van der Waals surface area contributed by atoms with Crippen LogP contribution in [0.1, 0.15) is 34.4 Å². The highest BCUT2D eigenvalue weighted by Crippen LogP contribution is 2.17. The first kappa shape index (κ1) is 17.1. The van der Waals surface area contributed by atoms with Crippen LogP contribution in [0.3, 0.4) is 0 Å². The lowest BCUT2D eigenvalue weighted by atomic mass is 9.96. The Morgan fingerprint density at radius 3 is 2.48 bits per heavy atom. The maximum Gasteiger partial charge on any atom is 0.254 e. The van der Waals surface area contributed by atoms with Gasteiger partial charge < -0.3 is 19.6 Å². The molecule has 1 heterocycles. The maximum absolute atomic E-state index is 12.2. The molecular formula is C18H23NO4. The number of rotatable bonds is 6. The second-order valence-corrected chi connectivity index (χ2v) is 6.03. The van der Waals surface area contributed by atoms with E-state index in [1.165, 1.54) is 0 Å². The Morgan fingerprint density at radius 2 is 1.96 bits per heavy atom. The minimum absolute atomic E-state index is 0.154. The molecule has 0 radical (unpaired) electrons. The second-order valence-electron chi connectivity index (χ2n) is 6.03. The van der Waals surface area contributed by atoms with Crippen molar-refractivity contribution in [2.24, 2.45) is 0 Å². The molecule has 0 spiro atoms. The quantitative estimate of drug-likeness (QED) is 0.859. The van der Waals surface area contributed by atoms with E-state index < -0.39 is 5.60 Å². The number of hydrogen-bond donors (Lipinski definition) is 2. The predicted molar refractivity (Wildman–Crippen MR) is 87.8 cm³/mol. The summed E-state index contributed by atoms with van der Waals surface area (Å²) in [6.07, 6.45) is 0.431. The third kappa shape index (κ3) is 4.60. The van der Waals surface area contributed by atoms with E-state index >= 15 is 0 Å². The molecule has 0 bridgehead atoms. The van der Waals surface area contributed by atoms with Gasteiger partial charge in [0.2, 0.25) is 0 Å². The molecule has 0 aliphatic heterocycles. The molecule has 2 aromatic rings. The monoisotopic (exact) mass is 317 g/mol. The highest BCUT2D eigenvalue weighted by molar-refractivity contribution is 5.95. The zero-order valence-corrected chi connectivity index (χ0v) is 14.0. The summed E-state index contributed by atoms with van der Waals surface area (Å²) in [5, 5.41) is 13.3. The summed E-state index contributed by atoms with van der Waals surface area (Å²) in [6.45, 7) is 5.40. The van der Waals surface area contributed by atoms with Gasteiger partial charge in [0.1, 0.15) is 17.3 Å². The molecule has 1 amide bonds. The number of furan rings is 1. The van der Waals surface area contributed by atoms with E-state index in [4.69, 9.17) is 9.15 Å². The highest BCUT2D eigenvalue weighted by Gasteiger charge is 2.23. The van der Waals surface area contributed by atoms with Crippen molar-refractivity contribution < 1.29 is 19.1 Å². The topological polar surface area (TPSA) is 71.7 Å². The minimum atomic E-state index is -1.04. The normalized spacial score (nSPS) is 13.4. The van der Waals surface area contributed by atoms with Gasteiger partial charge in [0.15, 0.2) is 0 Å². The average Bonchev–Trinajstić information content (AvgIpc) is 2.84. The van der Waals surface area contributed by atoms with E-state index in [-0.39, 0.29) is 12.5 Å². The molecule has 0 aliphatic rings. The smallest absolute Gasteiger partial charge is 0.254 e. The van der Waals surface area contributed by atoms with E-state index in [9.17, 15) is 9.90 Å².